The summed E-state index contributed by atoms with van der Waals surface area (Å²) in [6, 6.07) is 15.0. The van der Waals surface area contributed by atoms with Crippen molar-refractivity contribution < 1.29 is 24.2 Å². The van der Waals surface area contributed by atoms with Gasteiger partial charge in [-0.3, -0.25) is 14.4 Å². The van der Waals surface area contributed by atoms with Crippen LogP contribution in [0.1, 0.15) is 33.1 Å². The first-order valence-corrected chi connectivity index (χ1v) is 14.1. The third kappa shape index (κ3) is 4.56. The second-order valence-electron chi connectivity index (χ2n) is 10.8. The Morgan fingerprint density at radius 2 is 1.74 bits per heavy atom. The Balaban J connectivity index is 1.49. The van der Waals surface area contributed by atoms with Crippen molar-refractivity contribution in [2.75, 3.05) is 24.4 Å². The molecule has 2 bridgehead atoms. The number of nitrogens with zero attached hydrogens (tertiary/aromatic N) is 1. The molecule has 6 atom stereocenters. The van der Waals surface area contributed by atoms with Crippen molar-refractivity contribution >= 4 is 40.9 Å². The van der Waals surface area contributed by atoms with Gasteiger partial charge in [0.25, 0.3) is 0 Å². The first-order valence-electron chi connectivity index (χ1n) is 13.2. The van der Waals surface area contributed by atoms with Gasteiger partial charge in [0, 0.05) is 16.6 Å². The number of fused-ring (bicyclic) bond motifs is 1. The molecular formula is C29H35N3O5S. The Kier molecular flexibility index (Phi) is 7.42. The van der Waals surface area contributed by atoms with E-state index in [9.17, 15) is 19.5 Å². The molecule has 0 saturated carbocycles. The van der Waals surface area contributed by atoms with Crippen LogP contribution in [0.15, 0.2) is 54.6 Å². The average molecular weight is 538 g/mol. The SMILES string of the molecule is COc1ccc(NC(=O)C2N([C@@H](CO)CC(C)C)C(=O)[C@@H]3[C@@H](C(=O)Nc4ccccc4)[C@H]4CCC23S4)cc1. The Labute approximate surface area is 227 Å². The third-order valence-corrected chi connectivity index (χ3v) is 9.99. The molecule has 3 N–H and O–H groups in total. The molecule has 3 heterocycles. The van der Waals surface area contributed by atoms with Crippen molar-refractivity contribution in [2.45, 2.75) is 55.2 Å². The Hall–Kier alpha value is -3.04. The number of aliphatic hydroxyl groups excluding tert-OH is 1. The van der Waals surface area contributed by atoms with Gasteiger partial charge in [-0.15, -0.1) is 11.8 Å². The quantitative estimate of drug-likeness (QED) is 0.450. The number of hydrogen-bond donors (Lipinski definition) is 3. The van der Waals surface area contributed by atoms with Crippen molar-refractivity contribution in [1.29, 1.82) is 0 Å². The summed E-state index contributed by atoms with van der Waals surface area (Å²) >= 11 is 1.62. The topological polar surface area (TPSA) is 108 Å². The van der Waals surface area contributed by atoms with E-state index in [1.807, 2.05) is 44.2 Å². The van der Waals surface area contributed by atoms with Crippen LogP contribution in [0.3, 0.4) is 0 Å². The molecule has 8 nitrogen and oxygen atoms in total. The molecule has 3 fully saturated rings. The highest BCUT2D eigenvalue weighted by Crippen LogP contribution is 2.66. The molecule has 2 aromatic carbocycles. The lowest BCUT2D eigenvalue weighted by Crippen LogP contribution is -2.55. The fourth-order valence-electron chi connectivity index (χ4n) is 6.54. The lowest BCUT2D eigenvalue weighted by atomic mass is 9.70. The molecule has 2 aromatic rings. The number of amides is 3. The molecule has 0 aromatic heterocycles. The zero-order valence-electron chi connectivity index (χ0n) is 21.9. The number of nitrogens with one attached hydrogen (secondary N) is 2. The number of likely N-dealkylation sites (tertiary alicyclic amines) is 1. The zero-order valence-corrected chi connectivity index (χ0v) is 22.7. The molecule has 5 rings (SSSR count). The minimum absolute atomic E-state index is 0.0382. The van der Waals surface area contributed by atoms with Crippen LogP contribution < -0.4 is 15.4 Å². The maximum atomic E-state index is 14.2. The predicted octanol–water partition coefficient (Wildman–Crippen LogP) is 3.77. The number of thioether (sulfide) groups is 1. The fourth-order valence-corrected chi connectivity index (χ4v) is 8.74. The monoisotopic (exact) mass is 537 g/mol. The molecule has 3 aliphatic heterocycles. The Morgan fingerprint density at radius 3 is 2.37 bits per heavy atom. The van der Waals surface area contributed by atoms with Crippen LogP contribution in [0.4, 0.5) is 11.4 Å². The van der Waals surface area contributed by atoms with E-state index in [1.54, 1.807) is 48.0 Å². The Morgan fingerprint density at radius 1 is 1.08 bits per heavy atom. The van der Waals surface area contributed by atoms with Crippen LogP contribution in [0.25, 0.3) is 0 Å². The number of benzene rings is 2. The fraction of sp³-hybridized carbons (Fsp3) is 0.483. The standard InChI is InChI=1S/C29H35N3O5S/c1-17(2)15-20(16-33)32-25(27(35)31-19-9-11-21(37-3)12-10-19)29-14-13-22(38-29)23(24(29)28(32)36)26(34)30-18-7-5-4-6-8-18/h4-12,17,20,22-25,33H,13-16H2,1-3H3,(H,30,34)(H,31,35)/t20-,22-,23+,24+,25?,29?/m1/s1. The van der Waals surface area contributed by atoms with Gasteiger partial charge in [0.1, 0.15) is 11.8 Å². The number of methoxy groups -OCH3 is 1. The summed E-state index contributed by atoms with van der Waals surface area (Å²) in [7, 11) is 1.58. The summed E-state index contributed by atoms with van der Waals surface area (Å²) in [6.45, 7) is 3.82. The molecule has 2 unspecified atom stereocenters. The maximum absolute atomic E-state index is 14.2. The van der Waals surface area contributed by atoms with Crippen LogP contribution >= 0.6 is 11.8 Å². The molecule has 0 radical (unpaired) electrons. The first-order chi connectivity index (χ1) is 18.3. The smallest absolute Gasteiger partial charge is 0.248 e. The van der Waals surface area contributed by atoms with Gasteiger partial charge in [-0.25, -0.2) is 0 Å². The van der Waals surface area contributed by atoms with Crippen LogP contribution in [0.2, 0.25) is 0 Å². The van der Waals surface area contributed by atoms with Gasteiger partial charge in [0.05, 0.1) is 36.3 Å². The average Bonchev–Trinajstić information content (AvgIpc) is 3.55. The van der Waals surface area contributed by atoms with Crippen molar-refractivity contribution in [2.24, 2.45) is 17.8 Å². The van der Waals surface area contributed by atoms with Crippen LogP contribution in [-0.2, 0) is 14.4 Å². The van der Waals surface area contributed by atoms with Gasteiger partial charge in [-0.1, -0.05) is 32.0 Å². The number of anilines is 2. The van der Waals surface area contributed by atoms with Crippen molar-refractivity contribution in [3.8, 4) is 5.75 Å². The van der Waals surface area contributed by atoms with Gasteiger partial charge in [-0.05, 0) is 61.6 Å². The molecule has 3 saturated heterocycles. The minimum Gasteiger partial charge on any atom is -0.497 e. The minimum atomic E-state index is -0.789. The van der Waals surface area contributed by atoms with Gasteiger partial charge in [-0.2, -0.15) is 0 Å². The number of rotatable bonds is 9. The van der Waals surface area contributed by atoms with Gasteiger partial charge >= 0.3 is 0 Å². The van der Waals surface area contributed by atoms with Crippen molar-refractivity contribution in [3.63, 3.8) is 0 Å². The normalized spacial score (nSPS) is 28.3. The lowest BCUT2D eigenvalue weighted by molar-refractivity contribution is -0.141. The number of ether oxygens (including phenoxy) is 1. The van der Waals surface area contributed by atoms with Crippen LogP contribution in [-0.4, -0.2) is 63.5 Å². The maximum Gasteiger partial charge on any atom is 0.248 e. The molecule has 0 aliphatic carbocycles. The summed E-state index contributed by atoms with van der Waals surface area (Å²) < 4.78 is 4.51. The van der Waals surface area contributed by atoms with Crippen LogP contribution in [0.5, 0.6) is 5.75 Å². The summed E-state index contributed by atoms with van der Waals surface area (Å²) in [6.07, 6.45) is 1.99. The highest BCUT2D eigenvalue weighted by molar-refractivity contribution is 8.02. The predicted molar refractivity (Wildman–Crippen MR) is 148 cm³/mol. The first kappa shape index (κ1) is 26.6. The van der Waals surface area contributed by atoms with E-state index in [0.29, 0.717) is 30.0 Å². The molecular weight excluding hydrogens is 502 g/mol. The van der Waals surface area contributed by atoms with Crippen molar-refractivity contribution in [3.05, 3.63) is 54.6 Å². The van der Waals surface area contributed by atoms with Gasteiger partial charge < -0.3 is 25.4 Å². The van der Waals surface area contributed by atoms with E-state index < -0.39 is 28.7 Å². The van der Waals surface area contributed by atoms with E-state index in [4.69, 9.17) is 4.74 Å². The Bertz CT molecular complexity index is 1190. The van der Waals surface area contributed by atoms with E-state index in [1.165, 1.54) is 0 Å². The van der Waals surface area contributed by atoms with Gasteiger partial charge in [0.15, 0.2) is 0 Å². The second-order valence-corrected chi connectivity index (χ2v) is 12.4. The molecule has 3 amide bonds. The highest BCUT2D eigenvalue weighted by Gasteiger charge is 2.74. The molecule has 3 aliphatic rings. The number of hydrogen-bond acceptors (Lipinski definition) is 6. The van der Waals surface area contributed by atoms with Gasteiger partial charge in [0.2, 0.25) is 17.7 Å². The highest BCUT2D eigenvalue weighted by atomic mass is 32.2. The molecule has 38 heavy (non-hydrogen) atoms. The summed E-state index contributed by atoms with van der Waals surface area (Å²) in [4.78, 5) is 43.4. The summed E-state index contributed by atoms with van der Waals surface area (Å²) in [5.74, 6) is -0.954. The summed E-state index contributed by atoms with van der Waals surface area (Å²) in [5, 5.41) is 16.3. The van der Waals surface area contributed by atoms with E-state index >= 15 is 0 Å². The molecule has 9 heteroatoms. The van der Waals surface area contributed by atoms with E-state index in [-0.39, 0.29) is 35.5 Å². The molecule has 202 valence electrons. The number of carbonyl (C=O) groups excluding carboxylic acids is 3. The summed E-state index contributed by atoms with van der Waals surface area (Å²) in [5.41, 5.74) is 1.28. The zero-order chi connectivity index (χ0) is 27.0. The number of carbonyl (C=O) groups is 3. The third-order valence-electron chi connectivity index (χ3n) is 8.04. The van der Waals surface area contributed by atoms with E-state index in [0.717, 1.165) is 6.42 Å². The number of aliphatic hydroxyl groups is 1. The molecule has 1 spiro atoms. The lowest BCUT2D eigenvalue weighted by Gasteiger charge is -2.37. The number of para-hydroxylation sites is 1. The van der Waals surface area contributed by atoms with Crippen molar-refractivity contribution in [1.82, 2.24) is 4.90 Å². The largest absolute Gasteiger partial charge is 0.497 e. The second kappa shape index (κ2) is 10.6. The van der Waals surface area contributed by atoms with E-state index in [2.05, 4.69) is 10.6 Å². The van der Waals surface area contributed by atoms with Crippen LogP contribution in [0, 0.1) is 17.8 Å².